The van der Waals surface area contributed by atoms with Gasteiger partial charge in [-0.05, 0) is 36.4 Å². The van der Waals surface area contributed by atoms with E-state index in [-0.39, 0.29) is 11.5 Å². The van der Waals surface area contributed by atoms with Gasteiger partial charge in [-0.3, -0.25) is 10.1 Å². The van der Waals surface area contributed by atoms with E-state index in [0.717, 1.165) is 22.2 Å². The number of rotatable bonds is 4. The topological polar surface area (TPSA) is 69.0 Å². The molecule has 1 aromatic heterocycles. The van der Waals surface area contributed by atoms with Crippen molar-refractivity contribution >= 4 is 27.8 Å². The van der Waals surface area contributed by atoms with Gasteiger partial charge in [0.05, 0.1) is 0 Å². The number of nitrogens with one attached hydrogen (secondary N) is 1. The van der Waals surface area contributed by atoms with Crippen LogP contribution in [0.3, 0.4) is 0 Å². The Kier molecular flexibility index (Phi) is 5.17. The highest BCUT2D eigenvalue weighted by molar-refractivity contribution is 9.10. The highest BCUT2D eigenvalue weighted by Gasteiger charge is 2.31. The first-order valence-corrected chi connectivity index (χ1v) is 8.35. The third-order valence-corrected chi connectivity index (χ3v) is 3.97. The molecular weight excluding hydrogens is 429 g/mol. The van der Waals surface area contributed by atoms with Crippen LogP contribution >= 0.6 is 15.9 Å². The number of halogens is 4. The maximum absolute atomic E-state index is 12.3. The normalized spacial score (nSPS) is 11.3. The maximum Gasteiger partial charge on any atom is 0.573 e. The molecule has 3 rings (SSSR count). The fourth-order valence-corrected chi connectivity index (χ4v) is 2.46. The fourth-order valence-electron chi connectivity index (χ4n) is 2.20. The summed E-state index contributed by atoms with van der Waals surface area (Å²) in [5.74, 6) is -0.315. The fraction of sp³-hybridized carbons (Fsp3) is 0.118. The lowest BCUT2D eigenvalue weighted by atomic mass is 10.2. The zero-order valence-electron chi connectivity index (χ0n) is 13.8. The molecule has 0 saturated carbocycles. The van der Waals surface area contributed by atoms with Crippen LogP contribution in [0.15, 0.2) is 53.0 Å². The molecule has 0 unspecified atom stereocenters. The second-order valence-electron chi connectivity index (χ2n) is 5.42. The molecule has 0 aliphatic rings. The summed E-state index contributed by atoms with van der Waals surface area (Å²) in [6.07, 6.45) is -4.79. The predicted octanol–water partition coefficient (Wildman–Crippen LogP) is 4.40. The van der Waals surface area contributed by atoms with Crippen LogP contribution in [-0.4, -0.2) is 27.0 Å². The van der Waals surface area contributed by atoms with Gasteiger partial charge in [-0.2, -0.15) is 4.98 Å². The van der Waals surface area contributed by atoms with Crippen LogP contribution in [0.25, 0.3) is 11.4 Å². The van der Waals surface area contributed by atoms with E-state index in [1.54, 1.807) is 7.05 Å². The second-order valence-corrected chi connectivity index (χ2v) is 6.33. The van der Waals surface area contributed by atoms with Gasteiger partial charge >= 0.3 is 6.36 Å². The van der Waals surface area contributed by atoms with E-state index in [1.165, 1.54) is 16.8 Å². The Morgan fingerprint density at radius 3 is 2.33 bits per heavy atom. The van der Waals surface area contributed by atoms with Gasteiger partial charge in [0.15, 0.2) is 5.82 Å². The minimum absolute atomic E-state index is 0.151. The van der Waals surface area contributed by atoms with E-state index in [9.17, 15) is 18.0 Å². The molecule has 1 N–H and O–H groups in total. The van der Waals surface area contributed by atoms with E-state index in [1.807, 2.05) is 24.3 Å². The van der Waals surface area contributed by atoms with E-state index >= 15 is 0 Å². The van der Waals surface area contributed by atoms with Crippen molar-refractivity contribution in [1.29, 1.82) is 0 Å². The van der Waals surface area contributed by atoms with Crippen molar-refractivity contribution in [3.05, 3.63) is 58.6 Å². The van der Waals surface area contributed by atoms with Gasteiger partial charge in [0.1, 0.15) is 5.75 Å². The molecule has 0 radical (unpaired) electrons. The van der Waals surface area contributed by atoms with E-state index < -0.39 is 18.0 Å². The van der Waals surface area contributed by atoms with Crippen LogP contribution < -0.4 is 10.1 Å². The van der Waals surface area contributed by atoms with Gasteiger partial charge in [-0.15, -0.1) is 18.3 Å². The molecule has 1 heterocycles. The molecular formula is C17H12BrF3N4O2. The molecule has 10 heteroatoms. The molecule has 27 heavy (non-hydrogen) atoms. The van der Waals surface area contributed by atoms with Crippen molar-refractivity contribution in [1.82, 2.24) is 14.8 Å². The van der Waals surface area contributed by atoms with Gasteiger partial charge in [-0.1, -0.05) is 28.1 Å². The number of ether oxygens (including phenoxy) is 1. The predicted molar refractivity (Wildman–Crippen MR) is 95.2 cm³/mol. The SMILES string of the molecule is Cn1nc(-c2ccc(Br)cc2)nc1NC(=O)c1ccc(OC(F)(F)F)cc1. The lowest BCUT2D eigenvalue weighted by molar-refractivity contribution is -0.274. The van der Waals surface area contributed by atoms with Gasteiger partial charge in [0.25, 0.3) is 5.91 Å². The first-order valence-electron chi connectivity index (χ1n) is 7.55. The number of amides is 1. The summed E-state index contributed by atoms with van der Waals surface area (Å²) >= 11 is 3.34. The quantitative estimate of drug-likeness (QED) is 0.652. The summed E-state index contributed by atoms with van der Waals surface area (Å²) in [7, 11) is 1.62. The number of carbonyl (C=O) groups excluding carboxylic acids is 1. The molecule has 2 aromatic carbocycles. The zero-order valence-corrected chi connectivity index (χ0v) is 15.4. The molecule has 1 amide bonds. The molecule has 0 atom stereocenters. The van der Waals surface area contributed by atoms with Crippen molar-refractivity contribution in [2.24, 2.45) is 7.05 Å². The van der Waals surface area contributed by atoms with Crippen LogP contribution in [0.4, 0.5) is 19.1 Å². The number of aryl methyl sites for hydroxylation is 1. The number of hydrogen-bond donors (Lipinski definition) is 1. The lowest BCUT2D eigenvalue weighted by Gasteiger charge is -2.09. The highest BCUT2D eigenvalue weighted by Crippen LogP contribution is 2.23. The molecule has 0 spiro atoms. The molecule has 0 bridgehead atoms. The Morgan fingerprint density at radius 1 is 1.11 bits per heavy atom. The van der Waals surface area contributed by atoms with Crippen molar-refractivity contribution < 1.29 is 22.7 Å². The van der Waals surface area contributed by atoms with Crippen molar-refractivity contribution in [3.63, 3.8) is 0 Å². The highest BCUT2D eigenvalue weighted by atomic mass is 79.9. The number of aromatic nitrogens is 3. The molecule has 0 fully saturated rings. The average molecular weight is 441 g/mol. The third kappa shape index (κ3) is 4.85. The van der Waals surface area contributed by atoms with Gasteiger partial charge in [0, 0.05) is 22.6 Å². The van der Waals surface area contributed by atoms with E-state index in [2.05, 4.69) is 36.1 Å². The lowest BCUT2D eigenvalue weighted by Crippen LogP contribution is -2.18. The minimum atomic E-state index is -4.79. The largest absolute Gasteiger partial charge is 0.573 e. The Hall–Kier alpha value is -2.88. The van der Waals surface area contributed by atoms with Gasteiger partial charge in [-0.25, -0.2) is 4.68 Å². The average Bonchev–Trinajstić information content (AvgIpc) is 2.95. The van der Waals surface area contributed by atoms with Crippen LogP contribution in [0.2, 0.25) is 0 Å². The van der Waals surface area contributed by atoms with E-state index in [0.29, 0.717) is 5.82 Å². The Bertz CT molecular complexity index is 954. The molecule has 6 nitrogen and oxygen atoms in total. The van der Waals surface area contributed by atoms with Crippen LogP contribution in [0.5, 0.6) is 5.75 Å². The van der Waals surface area contributed by atoms with Gasteiger partial charge < -0.3 is 4.74 Å². The monoisotopic (exact) mass is 440 g/mol. The third-order valence-electron chi connectivity index (χ3n) is 3.44. The first kappa shape index (κ1) is 18.9. The zero-order chi connectivity index (χ0) is 19.6. The molecule has 0 aliphatic heterocycles. The number of carbonyl (C=O) groups is 1. The molecule has 3 aromatic rings. The summed E-state index contributed by atoms with van der Waals surface area (Å²) in [6, 6.07) is 11.9. The maximum atomic E-state index is 12.3. The number of anilines is 1. The summed E-state index contributed by atoms with van der Waals surface area (Å²) in [5, 5.41) is 6.82. The number of benzene rings is 2. The number of alkyl halides is 3. The van der Waals surface area contributed by atoms with Gasteiger partial charge in [0.2, 0.25) is 5.95 Å². The Balaban J connectivity index is 1.73. The van der Waals surface area contributed by atoms with E-state index in [4.69, 9.17) is 0 Å². The smallest absolute Gasteiger partial charge is 0.406 e. The summed E-state index contributed by atoms with van der Waals surface area (Å²) in [4.78, 5) is 16.6. The van der Waals surface area contributed by atoms with Crippen LogP contribution in [0.1, 0.15) is 10.4 Å². The Morgan fingerprint density at radius 2 is 1.74 bits per heavy atom. The standard InChI is InChI=1S/C17H12BrF3N4O2/c1-25-16(22-14(24-25)10-2-6-12(18)7-3-10)23-15(26)11-4-8-13(9-5-11)27-17(19,20)21/h2-9H,1H3,(H,22,23,24,26). The summed E-state index contributed by atoms with van der Waals surface area (Å²) in [6.45, 7) is 0. The first-order chi connectivity index (χ1) is 12.7. The molecule has 140 valence electrons. The second kappa shape index (κ2) is 7.39. The van der Waals surface area contributed by atoms with Crippen molar-refractivity contribution in [2.75, 3.05) is 5.32 Å². The number of hydrogen-bond acceptors (Lipinski definition) is 4. The minimum Gasteiger partial charge on any atom is -0.406 e. The number of nitrogens with zero attached hydrogens (tertiary/aromatic N) is 3. The summed E-state index contributed by atoms with van der Waals surface area (Å²) < 4.78 is 42.6. The molecule has 0 aliphatic carbocycles. The Labute approximate surface area is 160 Å². The summed E-state index contributed by atoms with van der Waals surface area (Å²) in [5.41, 5.74) is 0.917. The van der Waals surface area contributed by atoms with Crippen molar-refractivity contribution in [2.45, 2.75) is 6.36 Å². The van der Waals surface area contributed by atoms with Crippen LogP contribution in [-0.2, 0) is 7.05 Å². The van der Waals surface area contributed by atoms with Crippen LogP contribution in [0, 0.1) is 0 Å². The molecule has 0 saturated heterocycles. The van der Waals surface area contributed by atoms with Crippen molar-refractivity contribution in [3.8, 4) is 17.1 Å².